The highest BCUT2D eigenvalue weighted by atomic mass is 16.3. The fraction of sp³-hybridized carbons (Fsp3) is 0.400. The van der Waals surface area contributed by atoms with Crippen LogP contribution in [-0.2, 0) is 17.9 Å². The zero-order valence-corrected chi connectivity index (χ0v) is 12.2. The van der Waals surface area contributed by atoms with Gasteiger partial charge in [-0.15, -0.1) is 6.58 Å². The third kappa shape index (κ3) is 3.43. The lowest BCUT2D eigenvalue weighted by atomic mass is 10.1. The second kappa shape index (κ2) is 7.04. The first kappa shape index (κ1) is 16.0. The van der Waals surface area contributed by atoms with Crippen LogP contribution in [-0.4, -0.2) is 40.0 Å². The summed E-state index contributed by atoms with van der Waals surface area (Å²) in [6, 6.07) is 1.52. The second-order valence-electron chi connectivity index (χ2n) is 5.07. The molecule has 0 atom stereocenters. The highest BCUT2D eigenvalue weighted by molar-refractivity contribution is 5.94. The van der Waals surface area contributed by atoms with E-state index in [1.54, 1.807) is 11.0 Å². The normalized spacial score (nSPS) is 12.9. The quantitative estimate of drug-likeness (QED) is 0.639. The lowest BCUT2D eigenvalue weighted by Crippen LogP contribution is -2.32. The van der Waals surface area contributed by atoms with Crippen molar-refractivity contribution >= 4 is 11.8 Å². The molecule has 0 saturated carbocycles. The van der Waals surface area contributed by atoms with Gasteiger partial charge in [0.2, 0.25) is 5.91 Å². The predicted molar refractivity (Wildman–Crippen MR) is 80.2 cm³/mol. The van der Waals surface area contributed by atoms with Crippen molar-refractivity contribution < 1.29 is 14.7 Å². The Kier molecular flexibility index (Phi) is 5.11. The number of aromatic nitrogens is 1. The molecule has 1 aromatic heterocycles. The average molecular weight is 305 g/mol. The van der Waals surface area contributed by atoms with Crippen molar-refractivity contribution in [3.63, 3.8) is 0 Å². The lowest BCUT2D eigenvalue weighted by Gasteiger charge is -2.14. The number of allylic oxidation sites excluding steroid dienone is 1. The number of hydrogen-bond donors (Lipinski definition) is 3. The van der Waals surface area contributed by atoms with Gasteiger partial charge in [-0.1, -0.05) is 6.08 Å². The van der Waals surface area contributed by atoms with Crippen molar-refractivity contribution in [1.82, 2.24) is 15.2 Å². The van der Waals surface area contributed by atoms with Gasteiger partial charge < -0.3 is 20.3 Å². The number of carbonyl (C=O) groups excluding carboxylic acids is 2. The molecule has 1 aromatic rings. The van der Waals surface area contributed by atoms with Crippen molar-refractivity contribution in [2.45, 2.75) is 25.9 Å². The van der Waals surface area contributed by atoms with Crippen molar-refractivity contribution in [2.75, 3.05) is 13.2 Å². The third-order valence-corrected chi connectivity index (χ3v) is 3.48. The van der Waals surface area contributed by atoms with E-state index in [4.69, 9.17) is 5.11 Å². The first-order chi connectivity index (χ1) is 10.6. The molecule has 7 heteroatoms. The van der Waals surface area contributed by atoms with Crippen LogP contribution in [0.15, 0.2) is 23.5 Å². The fourth-order valence-corrected chi connectivity index (χ4v) is 2.34. The number of aliphatic hydroxyl groups excluding tert-OH is 1. The van der Waals surface area contributed by atoms with Crippen LogP contribution in [0.5, 0.6) is 0 Å². The molecule has 3 N–H and O–H groups in total. The zero-order valence-electron chi connectivity index (χ0n) is 12.2. The lowest BCUT2D eigenvalue weighted by molar-refractivity contribution is -0.131. The van der Waals surface area contributed by atoms with E-state index in [9.17, 15) is 14.4 Å². The van der Waals surface area contributed by atoms with Crippen LogP contribution in [0.25, 0.3) is 0 Å². The third-order valence-electron chi connectivity index (χ3n) is 3.48. The molecule has 1 aliphatic heterocycles. The number of nitrogens with zero attached hydrogens (tertiary/aromatic N) is 1. The summed E-state index contributed by atoms with van der Waals surface area (Å²) in [5.41, 5.74) is 0.929. The Morgan fingerprint density at radius 3 is 2.91 bits per heavy atom. The summed E-state index contributed by atoms with van der Waals surface area (Å²) >= 11 is 0. The van der Waals surface area contributed by atoms with Gasteiger partial charge in [-0.05, 0) is 18.1 Å². The highest BCUT2D eigenvalue weighted by Crippen LogP contribution is 2.21. The van der Waals surface area contributed by atoms with E-state index in [0.717, 1.165) is 5.56 Å². The van der Waals surface area contributed by atoms with Crippen molar-refractivity contribution in [1.29, 1.82) is 0 Å². The molecule has 2 rings (SSSR count). The van der Waals surface area contributed by atoms with Gasteiger partial charge >= 0.3 is 0 Å². The summed E-state index contributed by atoms with van der Waals surface area (Å²) in [6.07, 6.45) is 2.68. The van der Waals surface area contributed by atoms with Crippen LogP contribution in [0.3, 0.4) is 0 Å². The summed E-state index contributed by atoms with van der Waals surface area (Å²) in [5, 5.41) is 11.1. The standard InChI is InChI=1S/C15H19N3O4/c1-2-3-4-13(20)18-8-10-7-11(14(21)16-5-6-19)15(22)17-12(10)9-18/h2,7,19H,1,3-6,8-9H2,(H,16,21)(H,17,22). The number of H-pyrrole nitrogens is 1. The largest absolute Gasteiger partial charge is 0.395 e. The monoisotopic (exact) mass is 305 g/mol. The van der Waals surface area contributed by atoms with E-state index >= 15 is 0 Å². The molecule has 0 aromatic carbocycles. The highest BCUT2D eigenvalue weighted by Gasteiger charge is 2.25. The topological polar surface area (TPSA) is 102 Å². The number of carbonyl (C=O) groups is 2. The van der Waals surface area contributed by atoms with Crippen LogP contribution >= 0.6 is 0 Å². The molecular weight excluding hydrogens is 286 g/mol. The van der Waals surface area contributed by atoms with Gasteiger partial charge in [0.15, 0.2) is 0 Å². The van der Waals surface area contributed by atoms with Gasteiger partial charge in [0.05, 0.1) is 13.2 Å². The summed E-state index contributed by atoms with van der Waals surface area (Å²) in [5.74, 6) is -0.544. The van der Waals surface area contributed by atoms with Gasteiger partial charge in [-0.2, -0.15) is 0 Å². The molecule has 7 nitrogen and oxygen atoms in total. The molecule has 2 heterocycles. The summed E-state index contributed by atoms with van der Waals surface area (Å²) in [4.78, 5) is 40.1. The summed E-state index contributed by atoms with van der Waals surface area (Å²) in [6.45, 7) is 4.20. The van der Waals surface area contributed by atoms with Crippen LogP contribution in [0.1, 0.15) is 34.5 Å². The smallest absolute Gasteiger partial charge is 0.261 e. The molecule has 0 saturated heterocycles. The molecule has 2 amide bonds. The first-order valence-electron chi connectivity index (χ1n) is 7.09. The van der Waals surface area contributed by atoms with Crippen LogP contribution in [0.4, 0.5) is 0 Å². The maximum Gasteiger partial charge on any atom is 0.261 e. The van der Waals surface area contributed by atoms with Gasteiger partial charge in [-0.25, -0.2) is 0 Å². The minimum absolute atomic E-state index is 0.00686. The molecule has 0 spiro atoms. The summed E-state index contributed by atoms with van der Waals surface area (Å²) in [7, 11) is 0. The Morgan fingerprint density at radius 1 is 1.45 bits per heavy atom. The maximum atomic E-state index is 12.0. The number of aromatic amines is 1. The van der Waals surface area contributed by atoms with Crippen LogP contribution in [0.2, 0.25) is 0 Å². The number of amides is 2. The Labute approximate surface area is 127 Å². The number of aliphatic hydroxyl groups is 1. The predicted octanol–water partition coefficient (Wildman–Crippen LogP) is -0.0946. The number of hydrogen-bond acceptors (Lipinski definition) is 4. The van der Waals surface area contributed by atoms with E-state index in [1.807, 2.05) is 0 Å². The van der Waals surface area contributed by atoms with Gasteiger partial charge in [0, 0.05) is 25.2 Å². The van der Waals surface area contributed by atoms with Gasteiger partial charge in [-0.3, -0.25) is 14.4 Å². The van der Waals surface area contributed by atoms with E-state index in [0.29, 0.717) is 31.6 Å². The Hall–Kier alpha value is -2.41. The van der Waals surface area contributed by atoms with Gasteiger partial charge in [0.25, 0.3) is 11.5 Å². The number of nitrogens with one attached hydrogen (secondary N) is 2. The molecule has 0 unspecified atom stereocenters. The van der Waals surface area contributed by atoms with E-state index in [1.165, 1.54) is 6.07 Å². The molecular formula is C15H19N3O4. The molecule has 0 aliphatic carbocycles. The van der Waals surface area contributed by atoms with E-state index < -0.39 is 11.5 Å². The minimum Gasteiger partial charge on any atom is -0.395 e. The molecule has 0 fully saturated rings. The number of pyridine rings is 1. The average Bonchev–Trinajstić information content (AvgIpc) is 2.92. The Morgan fingerprint density at radius 2 is 2.23 bits per heavy atom. The first-order valence-corrected chi connectivity index (χ1v) is 7.09. The van der Waals surface area contributed by atoms with Crippen molar-refractivity contribution in [2.24, 2.45) is 0 Å². The molecule has 1 aliphatic rings. The van der Waals surface area contributed by atoms with Gasteiger partial charge in [0.1, 0.15) is 5.56 Å². The van der Waals surface area contributed by atoms with Crippen molar-refractivity contribution in [3.05, 3.63) is 45.9 Å². The zero-order chi connectivity index (χ0) is 16.1. The Bertz CT molecular complexity index is 651. The number of fused-ring (bicyclic) bond motifs is 1. The fourth-order valence-electron chi connectivity index (χ4n) is 2.34. The molecule has 22 heavy (non-hydrogen) atoms. The van der Waals surface area contributed by atoms with Crippen LogP contribution < -0.4 is 10.9 Å². The molecule has 0 radical (unpaired) electrons. The Balaban J connectivity index is 2.14. The van der Waals surface area contributed by atoms with Crippen molar-refractivity contribution in [3.8, 4) is 0 Å². The molecule has 118 valence electrons. The van der Waals surface area contributed by atoms with E-state index in [2.05, 4.69) is 16.9 Å². The maximum absolute atomic E-state index is 12.0. The summed E-state index contributed by atoms with van der Waals surface area (Å²) < 4.78 is 0. The molecule has 0 bridgehead atoms. The van der Waals surface area contributed by atoms with Crippen LogP contribution in [0, 0.1) is 0 Å². The minimum atomic E-state index is -0.533. The van der Waals surface area contributed by atoms with E-state index in [-0.39, 0.29) is 24.6 Å². The SMILES string of the molecule is C=CCCC(=O)N1Cc2cc(C(=O)NCCO)c(=O)[nH]c2C1. The number of rotatable bonds is 6. The second-order valence-corrected chi connectivity index (χ2v) is 5.07.